The lowest BCUT2D eigenvalue weighted by molar-refractivity contribution is 0.490. The van der Waals surface area contributed by atoms with Gasteiger partial charge in [-0.15, -0.1) is 11.3 Å². The molecule has 1 aromatic carbocycles. The van der Waals surface area contributed by atoms with Gasteiger partial charge in [0.15, 0.2) is 5.13 Å². The second-order valence-corrected chi connectivity index (χ2v) is 6.14. The summed E-state index contributed by atoms with van der Waals surface area (Å²) in [6.07, 6.45) is 3.47. The second kappa shape index (κ2) is 5.50. The van der Waals surface area contributed by atoms with E-state index in [-0.39, 0.29) is 5.82 Å². The van der Waals surface area contributed by atoms with Gasteiger partial charge in [0.1, 0.15) is 5.82 Å². The number of nitrogens with one attached hydrogen (secondary N) is 1. The molecule has 0 aliphatic heterocycles. The van der Waals surface area contributed by atoms with Gasteiger partial charge in [-0.3, -0.25) is 0 Å². The van der Waals surface area contributed by atoms with E-state index in [1.807, 2.05) is 19.0 Å². The topological polar surface area (TPSA) is 28.2 Å². The molecule has 3 rings (SSSR count). The maximum absolute atomic E-state index is 13.0. The van der Waals surface area contributed by atoms with Crippen molar-refractivity contribution in [2.45, 2.75) is 25.3 Å². The van der Waals surface area contributed by atoms with Crippen LogP contribution in [0.25, 0.3) is 0 Å². The number of anilines is 2. The number of rotatable bonds is 3. The first-order valence-corrected chi connectivity index (χ1v) is 7.67. The monoisotopic (exact) mass is 291 g/mol. The number of nitrogens with zero attached hydrogens (tertiary/aromatic N) is 2. The largest absolute Gasteiger partial charge is 0.321 e. The molecule has 0 saturated heterocycles. The van der Waals surface area contributed by atoms with Gasteiger partial charge in [0.25, 0.3) is 0 Å². The Labute approximate surface area is 122 Å². The molecule has 0 amide bonds. The third-order valence-corrected chi connectivity index (χ3v) is 5.00. The van der Waals surface area contributed by atoms with E-state index in [9.17, 15) is 4.39 Å². The molecule has 20 heavy (non-hydrogen) atoms. The standard InChI is InChI=1S/C15H18FN3S/c1-17-12-4-3-5-13-14(12)18-15(20-13)19(2)11-8-6-10(16)7-9-11/h6-9,12,17H,3-5H2,1-2H3. The number of hydrogen-bond acceptors (Lipinski definition) is 4. The smallest absolute Gasteiger partial charge is 0.190 e. The number of hydrogen-bond donors (Lipinski definition) is 1. The summed E-state index contributed by atoms with van der Waals surface area (Å²) in [6.45, 7) is 0. The van der Waals surface area contributed by atoms with Crippen molar-refractivity contribution >= 4 is 22.2 Å². The van der Waals surface area contributed by atoms with Crippen molar-refractivity contribution in [2.24, 2.45) is 0 Å². The van der Waals surface area contributed by atoms with Crippen LogP contribution in [0, 0.1) is 5.82 Å². The molecule has 1 aliphatic carbocycles. The summed E-state index contributed by atoms with van der Waals surface area (Å²) in [6, 6.07) is 6.90. The first kappa shape index (κ1) is 13.5. The van der Waals surface area contributed by atoms with Crippen molar-refractivity contribution in [3.05, 3.63) is 40.7 Å². The van der Waals surface area contributed by atoms with E-state index in [0.717, 1.165) is 23.7 Å². The van der Waals surface area contributed by atoms with Gasteiger partial charge >= 0.3 is 0 Å². The van der Waals surface area contributed by atoms with E-state index in [1.54, 1.807) is 23.5 Å². The van der Waals surface area contributed by atoms with Crippen LogP contribution in [-0.4, -0.2) is 19.1 Å². The van der Waals surface area contributed by atoms with Gasteiger partial charge in [-0.05, 0) is 50.6 Å². The van der Waals surface area contributed by atoms with Crippen molar-refractivity contribution < 1.29 is 4.39 Å². The summed E-state index contributed by atoms with van der Waals surface area (Å²) in [4.78, 5) is 8.19. The van der Waals surface area contributed by atoms with Gasteiger partial charge in [-0.1, -0.05) is 0 Å². The first-order chi connectivity index (χ1) is 9.69. The molecular weight excluding hydrogens is 273 g/mol. The Morgan fingerprint density at radius 1 is 1.35 bits per heavy atom. The summed E-state index contributed by atoms with van der Waals surface area (Å²) >= 11 is 1.74. The van der Waals surface area contributed by atoms with Gasteiger partial charge in [0.05, 0.1) is 11.7 Å². The van der Waals surface area contributed by atoms with Crippen LogP contribution < -0.4 is 10.2 Å². The third kappa shape index (κ3) is 2.43. The van der Waals surface area contributed by atoms with Crippen LogP contribution in [0.1, 0.15) is 29.5 Å². The summed E-state index contributed by atoms with van der Waals surface area (Å²) < 4.78 is 13.0. The molecule has 1 heterocycles. The second-order valence-electron chi connectivity index (χ2n) is 5.07. The van der Waals surface area contributed by atoms with Gasteiger partial charge in [-0.25, -0.2) is 9.37 Å². The van der Waals surface area contributed by atoms with Crippen LogP contribution in [0.5, 0.6) is 0 Å². The highest BCUT2D eigenvalue weighted by molar-refractivity contribution is 7.15. The normalized spacial score (nSPS) is 17.9. The molecule has 1 aromatic heterocycles. The van der Waals surface area contributed by atoms with Crippen molar-refractivity contribution in [3.63, 3.8) is 0 Å². The van der Waals surface area contributed by atoms with Crippen LogP contribution >= 0.6 is 11.3 Å². The van der Waals surface area contributed by atoms with E-state index in [4.69, 9.17) is 4.98 Å². The minimum atomic E-state index is -0.212. The van der Waals surface area contributed by atoms with Crippen LogP contribution in [0.15, 0.2) is 24.3 Å². The van der Waals surface area contributed by atoms with Crippen LogP contribution in [0.4, 0.5) is 15.2 Å². The van der Waals surface area contributed by atoms with Crippen LogP contribution in [0.2, 0.25) is 0 Å². The van der Waals surface area contributed by atoms with E-state index in [0.29, 0.717) is 6.04 Å². The number of benzene rings is 1. The van der Waals surface area contributed by atoms with Crippen molar-refractivity contribution in [2.75, 3.05) is 19.0 Å². The molecule has 1 N–H and O–H groups in total. The summed E-state index contributed by atoms with van der Waals surface area (Å²) in [7, 11) is 3.97. The van der Waals surface area contributed by atoms with Gasteiger partial charge in [-0.2, -0.15) is 0 Å². The predicted molar refractivity (Wildman–Crippen MR) is 81.3 cm³/mol. The quantitative estimate of drug-likeness (QED) is 0.935. The Morgan fingerprint density at radius 3 is 2.80 bits per heavy atom. The van der Waals surface area contributed by atoms with E-state index in [1.165, 1.54) is 29.1 Å². The van der Waals surface area contributed by atoms with Crippen molar-refractivity contribution in [3.8, 4) is 0 Å². The predicted octanol–water partition coefficient (Wildman–Crippen LogP) is 3.65. The summed E-state index contributed by atoms with van der Waals surface area (Å²) in [5.74, 6) is -0.212. The number of aromatic nitrogens is 1. The zero-order chi connectivity index (χ0) is 14.1. The zero-order valence-corrected chi connectivity index (χ0v) is 12.5. The molecule has 0 radical (unpaired) electrons. The number of fused-ring (bicyclic) bond motifs is 1. The SMILES string of the molecule is CNC1CCCc2sc(N(C)c3ccc(F)cc3)nc21. The molecule has 1 unspecified atom stereocenters. The molecule has 5 heteroatoms. The highest BCUT2D eigenvalue weighted by Crippen LogP contribution is 2.38. The lowest BCUT2D eigenvalue weighted by atomic mass is 9.98. The Kier molecular flexibility index (Phi) is 3.72. The van der Waals surface area contributed by atoms with E-state index >= 15 is 0 Å². The molecule has 1 aliphatic rings. The van der Waals surface area contributed by atoms with Crippen LogP contribution in [-0.2, 0) is 6.42 Å². The molecule has 0 fully saturated rings. The molecule has 0 bridgehead atoms. The number of halogens is 1. The molecule has 106 valence electrons. The van der Waals surface area contributed by atoms with Crippen LogP contribution in [0.3, 0.4) is 0 Å². The average Bonchev–Trinajstić information content (AvgIpc) is 2.91. The Hall–Kier alpha value is -1.46. The third-order valence-electron chi connectivity index (χ3n) is 3.79. The lowest BCUT2D eigenvalue weighted by Gasteiger charge is -2.20. The highest BCUT2D eigenvalue weighted by atomic mass is 32.1. The van der Waals surface area contributed by atoms with Crippen molar-refractivity contribution in [1.82, 2.24) is 10.3 Å². The Bertz CT molecular complexity index is 594. The Balaban J connectivity index is 1.91. The Morgan fingerprint density at radius 2 is 2.10 bits per heavy atom. The van der Waals surface area contributed by atoms with E-state index in [2.05, 4.69) is 5.32 Å². The summed E-state index contributed by atoms with van der Waals surface area (Å²) in [5, 5.41) is 4.31. The fraction of sp³-hybridized carbons (Fsp3) is 0.400. The molecule has 3 nitrogen and oxygen atoms in total. The fourth-order valence-corrected chi connectivity index (χ4v) is 3.75. The maximum Gasteiger partial charge on any atom is 0.190 e. The summed E-state index contributed by atoms with van der Waals surface area (Å²) in [5.41, 5.74) is 2.14. The average molecular weight is 291 g/mol. The zero-order valence-electron chi connectivity index (χ0n) is 11.7. The van der Waals surface area contributed by atoms with Crippen molar-refractivity contribution in [1.29, 1.82) is 0 Å². The number of aryl methyl sites for hydroxylation is 1. The molecule has 0 spiro atoms. The fourth-order valence-electron chi connectivity index (χ4n) is 2.61. The minimum Gasteiger partial charge on any atom is -0.321 e. The lowest BCUT2D eigenvalue weighted by Crippen LogP contribution is -2.21. The minimum absolute atomic E-state index is 0.212. The highest BCUT2D eigenvalue weighted by Gasteiger charge is 2.24. The first-order valence-electron chi connectivity index (χ1n) is 6.85. The van der Waals surface area contributed by atoms with E-state index < -0.39 is 0 Å². The molecule has 1 atom stereocenters. The van der Waals surface area contributed by atoms with Gasteiger partial charge in [0.2, 0.25) is 0 Å². The molecular formula is C15H18FN3S. The maximum atomic E-state index is 13.0. The molecule has 2 aromatic rings. The van der Waals surface area contributed by atoms with Gasteiger partial charge in [0, 0.05) is 17.6 Å². The number of thiazole rings is 1. The molecule has 0 saturated carbocycles. The van der Waals surface area contributed by atoms with Gasteiger partial charge < -0.3 is 10.2 Å².